The third-order valence-corrected chi connectivity index (χ3v) is 4.77. The van der Waals surface area contributed by atoms with Crippen LogP contribution >= 0.6 is 23.8 Å². The van der Waals surface area contributed by atoms with Gasteiger partial charge < -0.3 is 15.0 Å². The van der Waals surface area contributed by atoms with Gasteiger partial charge in [-0.25, -0.2) is 0 Å². The molecule has 5 nitrogen and oxygen atoms in total. The van der Waals surface area contributed by atoms with Crippen LogP contribution in [0, 0.1) is 6.92 Å². The van der Waals surface area contributed by atoms with E-state index in [9.17, 15) is 0 Å². The van der Waals surface area contributed by atoms with Crippen LogP contribution < -0.4 is 15.6 Å². The second-order valence-electron chi connectivity index (χ2n) is 5.93. The molecule has 0 radical (unpaired) electrons. The fourth-order valence-electron chi connectivity index (χ4n) is 2.65. The highest BCUT2D eigenvalue weighted by Crippen LogP contribution is 2.22. The average Bonchev–Trinajstić information content (AvgIpc) is 2.67. The molecule has 1 heterocycles. The van der Waals surface area contributed by atoms with Crippen molar-refractivity contribution in [1.29, 1.82) is 0 Å². The van der Waals surface area contributed by atoms with Gasteiger partial charge in [0.2, 0.25) is 0 Å². The van der Waals surface area contributed by atoms with E-state index in [4.69, 9.17) is 28.6 Å². The zero-order valence-corrected chi connectivity index (χ0v) is 16.1. The van der Waals surface area contributed by atoms with E-state index in [-0.39, 0.29) is 0 Å². The quantitative estimate of drug-likeness (QED) is 0.474. The van der Waals surface area contributed by atoms with Crippen molar-refractivity contribution in [2.24, 2.45) is 5.10 Å². The summed E-state index contributed by atoms with van der Waals surface area (Å²) >= 11 is 11.4. The van der Waals surface area contributed by atoms with E-state index in [1.165, 1.54) is 5.69 Å². The minimum Gasteiger partial charge on any atom is -0.378 e. The second kappa shape index (κ2) is 8.98. The first-order chi connectivity index (χ1) is 12.6. The van der Waals surface area contributed by atoms with Crippen molar-refractivity contribution in [1.82, 2.24) is 5.43 Å². The fourth-order valence-corrected chi connectivity index (χ4v) is 2.99. The molecule has 2 aromatic carbocycles. The molecule has 3 rings (SSSR count). The van der Waals surface area contributed by atoms with Crippen molar-refractivity contribution in [3.05, 3.63) is 58.6 Å². The van der Waals surface area contributed by atoms with Gasteiger partial charge in [-0.3, -0.25) is 5.43 Å². The standard InChI is InChI=1S/C19H21ClN4OS/c1-14-17(20)3-2-4-18(14)22-19(26)23-21-13-15-5-7-16(8-6-15)24-9-11-25-12-10-24/h2-8,13H,9-12H2,1H3,(H2,22,23,26)/b21-13+. The number of hydrogen-bond acceptors (Lipinski definition) is 4. The summed E-state index contributed by atoms with van der Waals surface area (Å²) in [5.41, 5.74) is 6.83. The lowest BCUT2D eigenvalue weighted by atomic mass is 10.2. The van der Waals surface area contributed by atoms with Crippen molar-refractivity contribution < 1.29 is 4.74 Å². The molecule has 0 spiro atoms. The number of ether oxygens (including phenoxy) is 1. The molecular weight excluding hydrogens is 368 g/mol. The van der Waals surface area contributed by atoms with E-state index in [1.807, 2.05) is 37.3 Å². The Morgan fingerprint density at radius 2 is 1.92 bits per heavy atom. The largest absolute Gasteiger partial charge is 0.378 e. The second-order valence-corrected chi connectivity index (χ2v) is 6.74. The van der Waals surface area contributed by atoms with Gasteiger partial charge in [0.1, 0.15) is 0 Å². The van der Waals surface area contributed by atoms with Crippen molar-refractivity contribution in [3.8, 4) is 0 Å². The van der Waals surface area contributed by atoms with Crippen molar-refractivity contribution in [2.75, 3.05) is 36.5 Å². The summed E-state index contributed by atoms with van der Waals surface area (Å²) in [6, 6.07) is 13.9. The van der Waals surface area contributed by atoms with Gasteiger partial charge in [-0.2, -0.15) is 5.10 Å². The van der Waals surface area contributed by atoms with Crippen molar-refractivity contribution in [2.45, 2.75) is 6.92 Å². The first-order valence-corrected chi connectivity index (χ1v) is 9.20. The van der Waals surface area contributed by atoms with E-state index < -0.39 is 0 Å². The van der Waals surface area contributed by atoms with Crippen LogP contribution in [0.1, 0.15) is 11.1 Å². The summed E-state index contributed by atoms with van der Waals surface area (Å²) in [6.07, 6.45) is 1.74. The summed E-state index contributed by atoms with van der Waals surface area (Å²) in [6.45, 7) is 5.36. The van der Waals surface area contributed by atoms with Crippen LogP contribution in [-0.2, 0) is 4.74 Å². The van der Waals surface area contributed by atoms with Gasteiger partial charge in [-0.15, -0.1) is 0 Å². The summed E-state index contributed by atoms with van der Waals surface area (Å²) in [5.74, 6) is 0. The first-order valence-electron chi connectivity index (χ1n) is 8.41. The molecule has 136 valence electrons. The number of hydrazone groups is 1. The van der Waals surface area contributed by atoms with E-state index in [1.54, 1.807) is 6.21 Å². The maximum absolute atomic E-state index is 6.11. The Morgan fingerprint density at radius 1 is 1.19 bits per heavy atom. The van der Waals surface area contributed by atoms with Gasteiger partial charge in [0.05, 0.1) is 19.4 Å². The summed E-state index contributed by atoms with van der Waals surface area (Å²) < 4.78 is 5.38. The monoisotopic (exact) mass is 388 g/mol. The first kappa shape index (κ1) is 18.6. The molecule has 1 aliphatic rings. The number of morpholine rings is 1. The molecule has 0 bridgehead atoms. The zero-order chi connectivity index (χ0) is 18.4. The zero-order valence-electron chi connectivity index (χ0n) is 14.5. The molecule has 7 heteroatoms. The third-order valence-electron chi connectivity index (χ3n) is 4.16. The van der Waals surface area contributed by atoms with Crippen molar-refractivity contribution >= 4 is 46.5 Å². The molecule has 0 atom stereocenters. The molecule has 1 aliphatic heterocycles. The average molecular weight is 389 g/mol. The molecule has 0 aliphatic carbocycles. The van der Waals surface area contributed by atoms with Gasteiger partial charge in [-0.1, -0.05) is 29.8 Å². The lowest BCUT2D eigenvalue weighted by molar-refractivity contribution is 0.122. The number of benzene rings is 2. The van der Waals surface area contributed by atoms with Crippen LogP contribution in [0.2, 0.25) is 5.02 Å². The predicted octanol–water partition coefficient (Wildman–Crippen LogP) is 3.81. The predicted molar refractivity (Wildman–Crippen MR) is 113 cm³/mol. The molecule has 1 saturated heterocycles. The minimum atomic E-state index is 0.413. The van der Waals surface area contributed by atoms with Crippen LogP contribution in [-0.4, -0.2) is 37.6 Å². The number of anilines is 2. The summed E-state index contributed by atoms with van der Waals surface area (Å²) in [4.78, 5) is 2.31. The molecule has 0 amide bonds. The molecule has 0 unspecified atom stereocenters. The van der Waals surface area contributed by atoms with Gasteiger partial charge in [0.15, 0.2) is 5.11 Å². The van der Waals surface area contributed by atoms with Crippen LogP contribution in [0.4, 0.5) is 11.4 Å². The van der Waals surface area contributed by atoms with Crippen LogP contribution in [0.25, 0.3) is 0 Å². The molecule has 1 fully saturated rings. The molecule has 2 aromatic rings. The maximum atomic E-state index is 6.11. The molecule has 0 saturated carbocycles. The molecule has 2 N–H and O–H groups in total. The Kier molecular flexibility index (Phi) is 6.44. The van der Waals surface area contributed by atoms with Gasteiger partial charge >= 0.3 is 0 Å². The van der Waals surface area contributed by atoms with E-state index >= 15 is 0 Å². The minimum absolute atomic E-state index is 0.413. The molecule has 0 aromatic heterocycles. The normalized spacial score (nSPS) is 14.5. The van der Waals surface area contributed by atoms with E-state index in [0.717, 1.165) is 43.1 Å². The third kappa shape index (κ3) is 4.94. The number of halogens is 1. The number of nitrogens with one attached hydrogen (secondary N) is 2. The number of nitrogens with zero attached hydrogens (tertiary/aromatic N) is 2. The topological polar surface area (TPSA) is 48.9 Å². The number of thiocarbonyl (C=S) groups is 1. The molecule has 26 heavy (non-hydrogen) atoms. The van der Waals surface area contributed by atoms with E-state index in [2.05, 4.69) is 32.9 Å². The SMILES string of the molecule is Cc1c(Cl)cccc1NC(=S)N/N=C/c1ccc(N2CCOCC2)cc1. The van der Waals surface area contributed by atoms with Gasteiger partial charge in [0, 0.05) is 29.5 Å². The highest BCUT2D eigenvalue weighted by Gasteiger charge is 2.10. The Labute approximate surface area is 164 Å². The Hall–Kier alpha value is -2.15. The highest BCUT2D eigenvalue weighted by molar-refractivity contribution is 7.80. The number of hydrogen-bond donors (Lipinski definition) is 2. The van der Waals surface area contributed by atoms with Crippen LogP contribution in [0.5, 0.6) is 0 Å². The number of rotatable bonds is 4. The lowest BCUT2D eigenvalue weighted by Gasteiger charge is -2.28. The Bertz CT molecular complexity index is 789. The molecular formula is C19H21ClN4OS. The van der Waals surface area contributed by atoms with Crippen LogP contribution in [0.3, 0.4) is 0 Å². The maximum Gasteiger partial charge on any atom is 0.191 e. The summed E-state index contributed by atoms with van der Waals surface area (Å²) in [7, 11) is 0. The van der Waals surface area contributed by atoms with Gasteiger partial charge in [-0.05, 0) is 54.5 Å². The Balaban J connectivity index is 1.53. The van der Waals surface area contributed by atoms with Crippen LogP contribution in [0.15, 0.2) is 47.6 Å². The smallest absolute Gasteiger partial charge is 0.191 e. The lowest BCUT2D eigenvalue weighted by Crippen LogP contribution is -2.36. The summed E-state index contributed by atoms with van der Waals surface area (Å²) in [5, 5.41) is 8.39. The Morgan fingerprint density at radius 3 is 2.65 bits per heavy atom. The van der Waals surface area contributed by atoms with Gasteiger partial charge in [0.25, 0.3) is 0 Å². The van der Waals surface area contributed by atoms with E-state index in [0.29, 0.717) is 10.1 Å². The highest BCUT2D eigenvalue weighted by atomic mass is 35.5. The van der Waals surface area contributed by atoms with Crippen molar-refractivity contribution in [3.63, 3.8) is 0 Å². The fraction of sp³-hybridized carbons (Fsp3) is 0.263.